The molecule has 0 unspecified atom stereocenters. The number of nitrogens with zero attached hydrogens (tertiary/aromatic N) is 4. The largest absolute Gasteiger partial charge is 0.480 e. The smallest absolute Gasteiger partial charge is 0.326 e. The highest BCUT2D eigenvalue weighted by Gasteiger charge is 2.20. The van der Waals surface area contributed by atoms with Crippen molar-refractivity contribution in [3.8, 4) is 0 Å². The van der Waals surface area contributed by atoms with Crippen LogP contribution in [0.5, 0.6) is 0 Å². The molecule has 0 saturated heterocycles. The first-order chi connectivity index (χ1) is 19.5. The van der Waals surface area contributed by atoms with E-state index < -0.39 is 17.9 Å². The highest BCUT2D eigenvalue weighted by molar-refractivity contribution is 5.96. The number of carboxylic acids is 1. The number of anilines is 3. The van der Waals surface area contributed by atoms with E-state index in [1.807, 2.05) is 0 Å². The molecule has 41 heavy (non-hydrogen) atoms. The van der Waals surface area contributed by atoms with E-state index in [-0.39, 0.29) is 17.2 Å². The molecular weight excluding hydrogens is 520 g/mol. The molecule has 4 rings (SSSR count). The number of carbonyl (C=O) groups is 2. The number of nitrogens with two attached hydrogens (primary N) is 2. The van der Waals surface area contributed by atoms with Crippen LogP contribution in [0.25, 0.3) is 11.2 Å². The molecule has 1 atom stereocenters. The van der Waals surface area contributed by atoms with Crippen molar-refractivity contribution in [2.24, 2.45) is 0 Å². The molecule has 2 aromatic heterocycles. The minimum Gasteiger partial charge on any atom is -0.480 e. The van der Waals surface area contributed by atoms with E-state index in [0.717, 1.165) is 18.5 Å². The molecule has 0 fully saturated rings. The topological polar surface area (TPSA) is 182 Å². The third kappa shape index (κ3) is 7.87. The summed E-state index contributed by atoms with van der Waals surface area (Å²) in [6.07, 6.45) is 4.31. The fraction of sp³-hybridized carbons (Fsp3) is 0.333. The maximum Gasteiger partial charge on any atom is 0.326 e. The molecule has 0 bridgehead atoms. The van der Waals surface area contributed by atoms with Crippen LogP contribution in [0, 0.1) is 0 Å². The van der Waals surface area contributed by atoms with Gasteiger partial charge in [0.1, 0.15) is 6.04 Å². The van der Waals surface area contributed by atoms with E-state index in [4.69, 9.17) is 11.5 Å². The lowest BCUT2D eigenvalue weighted by Crippen LogP contribution is -2.40. The number of nitrogens with one attached hydrogen (secondary N) is 2. The van der Waals surface area contributed by atoms with Crippen molar-refractivity contribution in [2.75, 3.05) is 16.8 Å². The van der Waals surface area contributed by atoms with Crippen LogP contribution in [0.1, 0.15) is 67.2 Å². The second kappa shape index (κ2) is 12.6. The van der Waals surface area contributed by atoms with Gasteiger partial charge in [-0.15, -0.1) is 0 Å². The Morgan fingerprint density at radius 2 is 1.66 bits per heavy atom. The van der Waals surface area contributed by atoms with Crippen LogP contribution in [0.15, 0.2) is 54.7 Å². The molecule has 4 aromatic rings. The molecule has 0 radical (unpaired) electrons. The van der Waals surface area contributed by atoms with E-state index in [2.05, 4.69) is 75.6 Å². The maximum atomic E-state index is 12.8. The molecule has 2 heterocycles. The lowest BCUT2D eigenvalue weighted by molar-refractivity contribution is -0.139. The van der Waals surface area contributed by atoms with Gasteiger partial charge in [-0.2, -0.15) is 9.97 Å². The van der Waals surface area contributed by atoms with Crippen molar-refractivity contribution < 1.29 is 14.7 Å². The molecule has 214 valence electrons. The fourth-order valence-corrected chi connectivity index (χ4v) is 4.35. The van der Waals surface area contributed by atoms with E-state index in [9.17, 15) is 14.7 Å². The standard InChI is InChI=1S/C30H36N8O3/c1-30(2,3)20-12-8-18(9-13-20)6-4-5-7-23(28(40)41)36-27(39)19-10-14-21(15-11-19)33-16-22-17-34-26-24(35-22)25(31)37-29(32)38-26/h8-15,17,23,33H,4-7,16H2,1-3H3,(H,36,39)(H,40,41)(H4,31,32,34,37,38)/t23-/m0/s1. The van der Waals surface area contributed by atoms with Crippen LogP contribution >= 0.6 is 0 Å². The van der Waals surface area contributed by atoms with Gasteiger partial charge < -0.3 is 27.2 Å². The van der Waals surface area contributed by atoms with Gasteiger partial charge in [-0.25, -0.2) is 14.8 Å². The monoisotopic (exact) mass is 556 g/mol. The maximum absolute atomic E-state index is 12.8. The Morgan fingerprint density at radius 1 is 0.951 bits per heavy atom. The van der Waals surface area contributed by atoms with Crippen molar-refractivity contribution in [2.45, 2.75) is 64.5 Å². The zero-order valence-electron chi connectivity index (χ0n) is 23.5. The molecule has 1 amide bonds. The Kier molecular flexibility index (Phi) is 8.96. The van der Waals surface area contributed by atoms with Crippen LogP contribution in [0.2, 0.25) is 0 Å². The average Bonchev–Trinajstić information content (AvgIpc) is 2.93. The second-order valence-electron chi connectivity index (χ2n) is 11.0. The van der Waals surface area contributed by atoms with Gasteiger partial charge in [-0.1, -0.05) is 51.5 Å². The highest BCUT2D eigenvalue weighted by atomic mass is 16.4. The molecule has 11 heteroatoms. The number of aromatic nitrogens is 4. The van der Waals surface area contributed by atoms with Crippen LogP contribution in [0.4, 0.5) is 17.5 Å². The van der Waals surface area contributed by atoms with Gasteiger partial charge in [0.2, 0.25) is 5.95 Å². The predicted octanol–water partition coefficient (Wildman–Crippen LogP) is 4.09. The SMILES string of the molecule is CC(C)(C)c1ccc(CCCC[C@H](NC(=O)c2ccc(NCc3cnc4nc(N)nc(N)c4n3)cc2)C(=O)O)cc1. The summed E-state index contributed by atoms with van der Waals surface area (Å²) in [6, 6.07) is 14.4. The molecule has 0 aliphatic heterocycles. The minimum absolute atomic E-state index is 0.0340. The number of hydrogen-bond acceptors (Lipinski definition) is 9. The van der Waals surface area contributed by atoms with Crippen LogP contribution in [0.3, 0.4) is 0 Å². The molecule has 0 aliphatic carbocycles. The van der Waals surface area contributed by atoms with E-state index in [1.165, 1.54) is 11.1 Å². The normalized spacial score (nSPS) is 12.2. The second-order valence-corrected chi connectivity index (χ2v) is 11.0. The van der Waals surface area contributed by atoms with Crippen LogP contribution in [-0.2, 0) is 23.2 Å². The van der Waals surface area contributed by atoms with Crippen molar-refractivity contribution in [1.29, 1.82) is 0 Å². The summed E-state index contributed by atoms with van der Waals surface area (Å²) in [6.45, 7) is 6.89. The number of aliphatic carboxylic acids is 1. The molecule has 2 aromatic carbocycles. The van der Waals surface area contributed by atoms with Crippen LogP contribution in [-0.4, -0.2) is 43.0 Å². The Labute approximate surface area is 238 Å². The van der Waals surface area contributed by atoms with Gasteiger partial charge in [0.05, 0.1) is 18.4 Å². The molecule has 11 nitrogen and oxygen atoms in total. The number of aryl methyl sites for hydroxylation is 1. The number of amides is 1. The minimum atomic E-state index is -1.05. The van der Waals surface area contributed by atoms with Gasteiger partial charge in [-0.05, 0) is 60.1 Å². The zero-order valence-corrected chi connectivity index (χ0v) is 23.5. The van der Waals surface area contributed by atoms with Crippen molar-refractivity contribution in [1.82, 2.24) is 25.3 Å². The predicted molar refractivity (Wildman–Crippen MR) is 159 cm³/mol. The first kappa shape index (κ1) is 29.2. The first-order valence-corrected chi connectivity index (χ1v) is 13.5. The Balaban J connectivity index is 1.26. The number of rotatable bonds is 11. The quantitative estimate of drug-likeness (QED) is 0.169. The highest BCUT2D eigenvalue weighted by Crippen LogP contribution is 2.23. The van der Waals surface area contributed by atoms with Gasteiger partial charge in [0.15, 0.2) is 17.0 Å². The Bertz CT molecular complexity index is 1520. The van der Waals surface area contributed by atoms with Gasteiger partial charge >= 0.3 is 5.97 Å². The molecular formula is C30H36N8O3. The van der Waals surface area contributed by atoms with Crippen LogP contribution < -0.4 is 22.1 Å². The summed E-state index contributed by atoms with van der Waals surface area (Å²) in [5.41, 5.74) is 16.5. The summed E-state index contributed by atoms with van der Waals surface area (Å²) in [7, 11) is 0. The third-order valence-electron chi connectivity index (χ3n) is 6.75. The van der Waals surface area contributed by atoms with Gasteiger partial charge in [0.25, 0.3) is 5.91 Å². The van der Waals surface area contributed by atoms with E-state index >= 15 is 0 Å². The van der Waals surface area contributed by atoms with Crippen molar-refractivity contribution in [3.05, 3.63) is 77.1 Å². The number of fused-ring (bicyclic) bond motifs is 1. The summed E-state index contributed by atoms with van der Waals surface area (Å²) >= 11 is 0. The van der Waals surface area contributed by atoms with Crippen molar-refractivity contribution >= 4 is 40.5 Å². The lowest BCUT2D eigenvalue weighted by Gasteiger charge is -2.19. The number of nitrogen functional groups attached to an aromatic ring is 2. The fourth-order valence-electron chi connectivity index (χ4n) is 4.35. The van der Waals surface area contributed by atoms with Crippen molar-refractivity contribution in [3.63, 3.8) is 0 Å². The number of carbonyl (C=O) groups excluding carboxylic acids is 1. The van der Waals surface area contributed by atoms with E-state index in [0.29, 0.717) is 41.8 Å². The molecule has 0 spiro atoms. The molecule has 0 aliphatic rings. The lowest BCUT2D eigenvalue weighted by atomic mass is 9.86. The number of unbranched alkanes of at least 4 members (excludes halogenated alkanes) is 1. The summed E-state index contributed by atoms with van der Waals surface area (Å²) < 4.78 is 0. The summed E-state index contributed by atoms with van der Waals surface area (Å²) in [5.74, 6) is -1.29. The number of benzene rings is 2. The number of hydrogen-bond donors (Lipinski definition) is 5. The average molecular weight is 557 g/mol. The van der Waals surface area contributed by atoms with Gasteiger partial charge in [-0.3, -0.25) is 4.79 Å². The molecule has 7 N–H and O–H groups in total. The third-order valence-corrected chi connectivity index (χ3v) is 6.75. The summed E-state index contributed by atoms with van der Waals surface area (Å²) in [4.78, 5) is 41.1. The first-order valence-electron chi connectivity index (χ1n) is 13.5. The number of carboxylic acid groups (broad SMARTS) is 1. The summed E-state index contributed by atoms with van der Waals surface area (Å²) in [5, 5.41) is 15.5. The zero-order chi connectivity index (χ0) is 29.6. The van der Waals surface area contributed by atoms with E-state index in [1.54, 1.807) is 30.5 Å². The Morgan fingerprint density at radius 3 is 2.32 bits per heavy atom. The van der Waals surface area contributed by atoms with Gasteiger partial charge in [0, 0.05) is 11.3 Å². The Hall–Kier alpha value is -4.80. The molecule has 0 saturated carbocycles.